The average Bonchev–Trinajstić information content (AvgIpc) is 3.53. The molecule has 1 unspecified atom stereocenters. The highest BCUT2D eigenvalue weighted by molar-refractivity contribution is 6.09. The van der Waals surface area contributed by atoms with Gasteiger partial charge in [-0.05, 0) is 70.1 Å². The summed E-state index contributed by atoms with van der Waals surface area (Å²) in [5.41, 5.74) is 12.7. The maximum atomic E-state index is 4.11. The zero-order valence-corrected chi connectivity index (χ0v) is 27.7. The Balaban J connectivity index is 1.16. The number of fused-ring (bicyclic) bond motifs is 3. The van der Waals surface area contributed by atoms with E-state index >= 15 is 0 Å². The quantitative estimate of drug-likeness (QED) is 0.183. The Morgan fingerprint density at radius 1 is 0.460 bits per heavy atom. The zero-order chi connectivity index (χ0) is 33.3. The largest absolute Gasteiger partial charge is 0.371 e. The molecule has 0 saturated carbocycles. The molecule has 0 radical (unpaired) electrons. The van der Waals surface area contributed by atoms with E-state index in [0.29, 0.717) is 0 Å². The summed E-state index contributed by atoms with van der Waals surface area (Å²) in [5, 5.41) is 6.65. The Kier molecular flexibility index (Phi) is 7.48. The van der Waals surface area contributed by atoms with E-state index in [4.69, 9.17) is 0 Å². The molecule has 0 fully saturated rings. The van der Waals surface area contributed by atoms with Crippen molar-refractivity contribution in [1.29, 1.82) is 0 Å². The van der Waals surface area contributed by atoms with Gasteiger partial charge in [-0.25, -0.2) is 0 Å². The molecule has 2 nitrogen and oxygen atoms in total. The van der Waals surface area contributed by atoms with Gasteiger partial charge in [-0.2, -0.15) is 0 Å². The highest BCUT2D eigenvalue weighted by Crippen LogP contribution is 2.48. The maximum absolute atomic E-state index is 4.11. The topological polar surface area (TPSA) is 17.0 Å². The van der Waals surface area contributed by atoms with Crippen molar-refractivity contribution in [3.05, 3.63) is 211 Å². The minimum atomic E-state index is -0.495. The number of para-hydroxylation sites is 3. The lowest BCUT2D eigenvalue weighted by atomic mass is 9.72. The molecule has 50 heavy (non-hydrogen) atoms. The van der Waals surface area contributed by atoms with Crippen molar-refractivity contribution in [3.8, 4) is 27.9 Å². The molecule has 1 heterocycles. The Labute approximate surface area is 293 Å². The van der Waals surface area contributed by atoms with Gasteiger partial charge >= 0.3 is 0 Å². The molecule has 1 aliphatic rings. The second-order valence-electron chi connectivity index (χ2n) is 13.0. The molecule has 238 valence electrons. The van der Waals surface area contributed by atoms with Gasteiger partial charge in [0.15, 0.2) is 0 Å². The normalized spacial score (nSPS) is 15.6. The molecule has 0 saturated heterocycles. The molecule has 0 amide bonds. The molecule has 0 aliphatic heterocycles. The summed E-state index contributed by atoms with van der Waals surface area (Å²) in [6.45, 7) is 0. The number of hydrogen-bond acceptors (Lipinski definition) is 1. The summed E-state index contributed by atoms with van der Waals surface area (Å²) >= 11 is 0. The fraction of sp³-hybridized carbons (Fsp3) is 0.0417. The number of allylic oxidation sites excluding steroid dienone is 2. The second kappa shape index (κ2) is 12.6. The zero-order valence-electron chi connectivity index (χ0n) is 27.7. The second-order valence-corrected chi connectivity index (χ2v) is 13.0. The lowest BCUT2D eigenvalue weighted by Gasteiger charge is -2.41. The summed E-state index contributed by atoms with van der Waals surface area (Å²) in [7, 11) is 0. The number of hydrogen-bond donors (Lipinski definition) is 1. The Hall–Kier alpha value is -6.38. The van der Waals surface area contributed by atoms with Gasteiger partial charge in [0.25, 0.3) is 0 Å². The van der Waals surface area contributed by atoms with Crippen molar-refractivity contribution in [2.45, 2.75) is 12.0 Å². The molecule has 1 aliphatic carbocycles. The number of aromatic nitrogens is 1. The van der Waals surface area contributed by atoms with E-state index in [-0.39, 0.29) is 0 Å². The summed E-state index contributed by atoms with van der Waals surface area (Å²) in [6, 6.07) is 65.6. The Morgan fingerprint density at radius 3 is 1.70 bits per heavy atom. The van der Waals surface area contributed by atoms with E-state index in [0.717, 1.165) is 12.1 Å². The minimum absolute atomic E-state index is 0.495. The molecular weight excluding hydrogens is 605 g/mol. The highest BCUT2D eigenvalue weighted by atomic mass is 15.0. The van der Waals surface area contributed by atoms with Crippen LogP contribution in [-0.4, -0.2) is 4.57 Å². The molecule has 7 aromatic carbocycles. The smallest absolute Gasteiger partial charge is 0.0926 e. The third-order valence-corrected chi connectivity index (χ3v) is 10.1. The first-order valence-corrected chi connectivity index (χ1v) is 17.3. The van der Waals surface area contributed by atoms with Crippen molar-refractivity contribution >= 4 is 33.1 Å². The molecule has 0 bridgehead atoms. The molecule has 0 spiro atoms. The summed E-state index contributed by atoms with van der Waals surface area (Å²) < 4.78 is 2.41. The van der Waals surface area contributed by atoms with E-state index in [1.807, 2.05) is 0 Å². The molecular formula is C48H36N2. The number of benzene rings is 7. The lowest BCUT2D eigenvalue weighted by Crippen LogP contribution is -2.38. The first kappa shape index (κ1) is 29.7. The predicted octanol–water partition coefficient (Wildman–Crippen LogP) is 12.5. The minimum Gasteiger partial charge on any atom is -0.371 e. The van der Waals surface area contributed by atoms with Crippen LogP contribution in [0.5, 0.6) is 0 Å². The fourth-order valence-corrected chi connectivity index (χ4v) is 7.86. The first-order chi connectivity index (χ1) is 24.8. The SMILES string of the molecule is C1=CCC(Nc2ccc(-c3ccccc3-n3c4ccccc4c4ccccc43)cc2)(c2ccccc2-c2ccccc2)C(c2ccccc2)=C1. The van der Waals surface area contributed by atoms with Crippen LogP contribution in [0.4, 0.5) is 5.69 Å². The van der Waals surface area contributed by atoms with Crippen LogP contribution in [0.25, 0.3) is 55.3 Å². The van der Waals surface area contributed by atoms with Crippen LogP contribution in [0.1, 0.15) is 17.5 Å². The van der Waals surface area contributed by atoms with Gasteiger partial charge in [0, 0.05) is 22.0 Å². The van der Waals surface area contributed by atoms with Crippen LogP contribution in [0.15, 0.2) is 200 Å². The first-order valence-electron chi connectivity index (χ1n) is 17.3. The van der Waals surface area contributed by atoms with Gasteiger partial charge < -0.3 is 9.88 Å². The third-order valence-electron chi connectivity index (χ3n) is 10.1. The fourth-order valence-electron chi connectivity index (χ4n) is 7.86. The highest BCUT2D eigenvalue weighted by Gasteiger charge is 2.39. The molecule has 1 aromatic heterocycles. The van der Waals surface area contributed by atoms with Gasteiger partial charge in [0.05, 0.1) is 22.3 Å². The number of anilines is 1. The van der Waals surface area contributed by atoms with Gasteiger partial charge in [-0.3, -0.25) is 0 Å². The van der Waals surface area contributed by atoms with Crippen molar-refractivity contribution in [1.82, 2.24) is 4.57 Å². The lowest BCUT2D eigenvalue weighted by molar-refractivity contribution is 0.640. The number of nitrogens with zero attached hydrogens (tertiary/aromatic N) is 1. The summed E-state index contributed by atoms with van der Waals surface area (Å²) in [4.78, 5) is 0. The number of nitrogens with one attached hydrogen (secondary N) is 1. The van der Waals surface area contributed by atoms with Gasteiger partial charge in [0.1, 0.15) is 0 Å². The molecule has 8 aromatic rings. The third kappa shape index (κ3) is 5.05. The van der Waals surface area contributed by atoms with Crippen LogP contribution in [0.3, 0.4) is 0 Å². The van der Waals surface area contributed by atoms with Crippen LogP contribution in [0, 0.1) is 0 Å². The van der Waals surface area contributed by atoms with Gasteiger partial charge in [-0.15, -0.1) is 0 Å². The molecule has 9 rings (SSSR count). The van der Waals surface area contributed by atoms with E-state index < -0.39 is 5.54 Å². The standard InChI is InChI=1S/C48H36N2/c1-3-17-35(18-4-1)39-21-7-11-26-44(39)48(34-16-15-25-43(48)37-19-5-2-6-20-37)49-38-32-30-36(31-33-38)40-22-8-12-27-45(40)50-46-28-13-9-23-41(46)42-24-10-14-29-47(42)50/h1-33,49H,34H2. The van der Waals surface area contributed by atoms with Crippen molar-refractivity contribution < 1.29 is 0 Å². The molecule has 2 heteroatoms. The molecule has 1 N–H and O–H groups in total. The monoisotopic (exact) mass is 640 g/mol. The van der Waals surface area contributed by atoms with E-state index in [1.165, 1.54) is 66.4 Å². The van der Waals surface area contributed by atoms with E-state index in [1.54, 1.807) is 0 Å². The van der Waals surface area contributed by atoms with Crippen LogP contribution >= 0.6 is 0 Å². The number of rotatable bonds is 7. The van der Waals surface area contributed by atoms with Crippen molar-refractivity contribution in [2.75, 3.05) is 5.32 Å². The maximum Gasteiger partial charge on any atom is 0.0926 e. The van der Waals surface area contributed by atoms with Crippen molar-refractivity contribution in [2.24, 2.45) is 0 Å². The van der Waals surface area contributed by atoms with Gasteiger partial charge in [-0.1, -0.05) is 170 Å². The van der Waals surface area contributed by atoms with Crippen LogP contribution in [0.2, 0.25) is 0 Å². The van der Waals surface area contributed by atoms with Crippen LogP contribution in [-0.2, 0) is 5.54 Å². The van der Waals surface area contributed by atoms with E-state index in [2.05, 4.69) is 210 Å². The Bertz CT molecular complexity index is 2470. The predicted molar refractivity (Wildman–Crippen MR) is 212 cm³/mol. The average molecular weight is 641 g/mol. The van der Waals surface area contributed by atoms with E-state index in [9.17, 15) is 0 Å². The Morgan fingerprint density at radius 2 is 1.00 bits per heavy atom. The van der Waals surface area contributed by atoms with Gasteiger partial charge in [0.2, 0.25) is 0 Å². The van der Waals surface area contributed by atoms with Crippen LogP contribution < -0.4 is 5.32 Å². The molecule has 1 atom stereocenters. The van der Waals surface area contributed by atoms with Crippen molar-refractivity contribution in [3.63, 3.8) is 0 Å². The summed E-state index contributed by atoms with van der Waals surface area (Å²) in [5.74, 6) is 0. The summed E-state index contributed by atoms with van der Waals surface area (Å²) in [6.07, 6.45) is 7.58.